The first kappa shape index (κ1) is 12.5. The first-order chi connectivity index (χ1) is 7.58. The monoisotopic (exact) mass is 382 g/mol. The molecular weight excluding hydrogens is 377 g/mol. The van der Waals surface area contributed by atoms with Crippen molar-refractivity contribution >= 4 is 57.4 Å². The van der Waals surface area contributed by atoms with Crippen molar-refractivity contribution in [3.63, 3.8) is 0 Å². The maximum absolute atomic E-state index is 6.07. The second kappa shape index (κ2) is 5.13. The van der Waals surface area contributed by atoms with Gasteiger partial charge in [-0.1, -0.05) is 46.9 Å². The van der Waals surface area contributed by atoms with Gasteiger partial charge in [0.05, 0.1) is 15.1 Å². The zero-order chi connectivity index (χ0) is 11.7. The molecular formula is C12H6Cl3I. The average Bonchev–Trinajstić information content (AvgIpc) is 2.26. The Labute approximate surface area is 123 Å². The minimum Gasteiger partial charge on any atom is -0.0832 e. The van der Waals surface area contributed by atoms with Gasteiger partial charge in [-0.3, -0.25) is 0 Å². The molecule has 0 bridgehead atoms. The summed E-state index contributed by atoms with van der Waals surface area (Å²) in [5.74, 6) is 0. The first-order valence-electron chi connectivity index (χ1n) is 4.48. The Morgan fingerprint density at radius 2 is 1.25 bits per heavy atom. The van der Waals surface area contributed by atoms with Gasteiger partial charge < -0.3 is 0 Å². The van der Waals surface area contributed by atoms with Crippen molar-refractivity contribution in [2.45, 2.75) is 0 Å². The lowest BCUT2D eigenvalue weighted by Gasteiger charge is -2.05. The molecule has 82 valence electrons. The average molecular weight is 383 g/mol. The third kappa shape index (κ3) is 2.65. The molecule has 0 spiro atoms. The van der Waals surface area contributed by atoms with Gasteiger partial charge in [0, 0.05) is 3.57 Å². The molecule has 2 aromatic rings. The molecule has 0 nitrogen and oxygen atoms in total. The van der Waals surface area contributed by atoms with Gasteiger partial charge in [0.2, 0.25) is 0 Å². The van der Waals surface area contributed by atoms with E-state index in [1.807, 2.05) is 30.3 Å². The van der Waals surface area contributed by atoms with E-state index in [0.717, 1.165) is 19.7 Å². The van der Waals surface area contributed by atoms with Crippen molar-refractivity contribution in [2.75, 3.05) is 0 Å². The fourth-order valence-electron chi connectivity index (χ4n) is 1.35. The molecule has 0 radical (unpaired) electrons. The molecule has 0 unspecified atom stereocenters. The van der Waals surface area contributed by atoms with Crippen molar-refractivity contribution < 1.29 is 0 Å². The lowest BCUT2D eigenvalue weighted by atomic mass is 10.1. The zero-order valence-electron chi connectivity index (χ0n) is 7.98. The van der Waals surface area contributed by atoms with E-state index in [0.29, 0.717) is 10.0 Å². The minimum absolute atomic E-state index is 0.550. The molecule has 16 heavy (non-hydrogen) atoms. The van der Waals surface area contributed by atoms with Crippen LogP contribution in [0.1, 0.15) is 0 Å². The van der Waals surface area contributed by atoms with Crippen molar-refractivity contribution in [3.05, 3.63) is 55.0 Å². The van der Waals surface area contributed by atoms with Gasteiger partial charge >= 0.3 is 0 Å². The van der Waals surface area contributed by atoms with Crippen LogP contribution in [0.5, 0.6) is 0 Å². The van der Waals surface area contributed by atoms with E-state index in [1.165, 1.54) is 0 Å². The van der Waals surface area contributed by atoms with Crippen LogP contribution in [-0.4, -0.2) is 0 Å². The summed E-state index contributed by atoms with van der Waals surface area (Å²) in [5, 5.41) is 1.85. The Morgan fingerprint density at radius 1 is 0.688 bits per heavy atom. The van der Waals surface area contributed by atoms with Crippen LogP contribution in [0.4, 0.5) is 0 Å². The van der Waals surface area contributed by atoms with E-state index >= 15 is 0 Å². The van der Waals surface area contributed by atoms with Gasteiger partial charge in [0.1, 0.15) is 0 Å². The Morgan fingerprint density at radius 3 is 1.81 bits per heavy atom. The molecule has 0 aliphatic heterocycles. The van der Waals surface area contributed by atoms with Crippen LogP contribution in [0.25, 0.3) is 11.1 Å². The van der Waals surface area contributed by atoms with Gasteiger partial charge in [-0.05, 0) is 58.0 Å². The Bertz CT molecular complexity index is 488. The molecule has 2 aromatic carbocycles. The van der Waals surface area contributed by atoms with Gasteiger partial charge in [0.25, 0.3) is 0 Å². The van der Waals surface area contributed by atoms with Crippen LogP contribution < -0.4 is 0 Å². The van der Waals surface area contributed by atoms with E-state index in [-0.39, 0.29) is 0 Å². The highest BCUT2D eigenvalue weighted by Crippen LogP contribution is 2.31. The third-order valence-corrected chi connectivity index (χ3v) is 4.48. The lowest BCUT2D eigenvalue weighted by Crippen LogP contribution is -1.81. The molecule has 0 saturated heterocycles. The molecule has 0 heterocycles. The Hall–Kier alpha value is 0.0400. The Balaban J connectivity index is 2.50. The van der Waals surface area contributed by atoms with Crippen molar-refractivity contribution in [1.82, 2.24) is 0 Å². The largest absolute Gasteiger partial charge is 0.0832 e. The minimum atomic E-state index is 0.550. The van der Waals surface area contributed by atoms with Gasteiger partial charge in [0.15, 0.2) is 0 Å². The summed E-state index contributed by atoms with van der Waals surface area (Å²) in [7, 11) is 0. The summed E-state index contributed by atoms with van der Waals surface area (Å²) in [5.41, 5.74) is 2.04. The number of halogens is 4. The quantitative estimate of drug-likeness (QED) is 0.537. The van der Waals surface area contributed by atoms with E-state index < -0.39 is 0 Å². The second-order valence-corrected chi connectivity index (χ2v) is 5.64. The molecule has 0 aromatic heterocycles. The maximum atomic E-state index is 6.07. The summed E-state index contributed by atoms with van der Waals surface area (Å²) < 4.78 is 1.03. The van der Waals surface area contributed by atoms with Crippen LogP contribution in [0.2, 0.25) is 15.1 Å². The molecule has 0 N–H and O–H groups in total. The third-order valence-electron chi connectivity index (χ3n) is 2.17. The summed E-state index contributed by atoms with van der Waals surface area (Å²) >= 11 is 20.1. The number of benzene rings is 2. The predicted octanol–water partition coefficient (Wildman–Crippen LogP) is 5.92. The first-order valence-corrected chi connectivity index (χ1v) is 6.69. The number of rotatable bonds is 1. The smallest absolute Gasteiger partial charge is 0.0598 e. The molecule has 0 fully saturated rings. The zero-order valence-corrected chi connectivity index (χ0v) is 12.4. The van der Waals surface area contributed by atoms with Crippen LogP contribution in [0.15, 0.2) is 36.4 Å². The normalized spacial score (nSPS) is 10.5. The van der Waals surface area contributed by atoms with E-state index in [2.05, 4.69) is 22.6 Å². The molecule has 4 heteroatoms. The molecule has 2 rings (SSSR count). The number of hydrogen-bond acceptors (Lipinski definition) is 0. The standard InChI is InChI=1S/C12H6Cl3I/c13-9-3-1-7(5-10(9)14)8-2-4-12(16)11(15)6-8/h1-6H. The summed E-state index contributed by atoms with van der Waals surface area (Å²) in [6, 6.07) is 11.4. The maximum Gasteiger partial charge on any atom is 0.0598 e. The van der Waals surface area contributed by atoms with Gasteiger partial charge in [-0.25, -0.2) is 0 Å². The SMILES string of the molecule is Clc1ccc(-c2ccc(I)c(Cl)c2)cc1Cl. The fourth-order valence-corrected chi connectivity index (χ4v) is 2.17. The van der Waals surface area contributed by atoms with Crippen molar-refractivity contribution in [3.8, 4) is 11.1 Å². The van der Waals surface area contributed by atoms with Crippen LogP contribution in [0, 0.1) is 3.57 Å². The Kier molecular flexibility index (Phi) is 4.01. The van der Waals surface area contributed by atoms with Gasteiger partial charge in [-0.2, -0.15) is 0 Å². The fraction of sp³-hybridized carbons (Fsp3) is 0. The summed E-state index contributed by atoms with van der Waals surface area (Å²) in [6.07, 6.45) is 0. The van der Waals surface area contributed by atoms with Crippen molar-refractivity contribution in [1.29, 1.82) is 0 Å². The number of hydrogen-bond donors (Lipinski definition) is 0. The lowest BCUT2D eigenvalue weighted by molar-refractivity contribution is 1.59. The molecule has 0 saturated carbocycles. The topological polar surface area (TPSA) is 0 Å². The van der Waals surface area contributed by atoms with E-state index in [4.69, 9.17) is 34.8 Å². The van der Waals surface area contributed by atoms with Crippen molar-refractivity contribution in [2.24, 2.45) is 0 Å². The van der Waals surface area contributed by atoms with Crippen LogP contribution in [0.3, 0.4) is 0 Å². The highest BCUT2D eigenvalue weighted by Gasteiger charge is 2.04. The van der Waals surface area contributed by atoms with E-state index in [1.54, 1.807) is 6.07 Å². The van der Waals surface area contributed by atoms with Crippen LogP contribution >= 0.6 is 57.4 Å². The molecule has 0 atom stereocenters. The predicted molar refractivity (Wildman–Crippen MR) is 79.6 cm³/mol. The molecule has 0 aliphatic carbocycles. The highest BCUT2D eigenvalue weighted by molar-refractivity contribution is 14.1. The van der Waals surface area contributed by atoms with Crippen LogP contribution in [-0.2, 0) is 0 Å². The summed E-state index contributed by atoms with van der Waals surface area (Å²) in [6.45, 7) is 0. The second-order valence-electron chi connectivity index (χ2n) is 3.26. The summed E-state index contributed by atoms with van der Waals surface area (Å²) in [4.78, 5) is 0. The highest BCUT2D eigenvalue weighted by atomic mass is 127. The van der Waals surface area contributed by atoms with E-state index in [9.17, 15) is 0 Å². The molecule has 0 aliphatic rings. The molecule has 0 amide bonds. The van der Waals surface area contributed by atoms with Gasteiger partial charge in [-0.15, -0.1) is 0 Å².